The summed E-state index contributed by atoms with van der Waals surface area (Å²) in [4.78, 5) is 12.1. The SMILES string of the molecule is CC(=O)C1=CCC2C3CC[C@H]4C[C@H](O)CC[C@]4(C)C3CC[C@]12C. The number of rotatable bonds is 1. The lowest BCUT2D eigenvalue weighted by Gasteiger charge is -2.60. The van der Waals surface area contributed by atoms with Gasteiger partial charge >= 0.3 is 0 Å². The molecule has 0 aromatic heterocycles. The van der Waals surface area contributed by atoms with Crippen LogP contribution in [0.25, 0.3) is 0 Å². The summed E-state index contributed by atoms with van der Waals surface area (Å²) in [6.07, 6.45) is 11.6. The van der Waals surface area contributed by atoms with Crippen LogP contribution in [0.15, 0.2) is 11.6 Å². The molecule has 2 nitrogen and oxygen atoms in total. The van der Waals surface area contributed by atoms with E-state index in [1.807, 2.05) is 0 Å². The minimum Gasteiger partial charge on any atom is -0.393 e. The lowest BCUT2D eigenvalue weighted by Crippen LogP contribution is -2.53. The van der Waals surface area contributed by atoms with Crippen molar-refractivity contribution < 1.29 is 9.90 Å². The first kappa shape index (κ1) is 15.9. The highest BCUT2D eigenvalue weighted by atomic mass is 16.3. The number of hydrogen-bond acceptors (Lipinski definition) is 2. The zero-order valence-electron chi connectivity index (χ0n) is 15.0. The van der Waals surface area contributed by atoms with Crippen LogP contribution in [-0.2, 0) is 4.79 Å². The van der Waals surface area contributed by atoms with E-state index in [9.17, 15) is 9.90 Å². The zero-order valence-corrected chi connectivity index (χ0v) is 15.0. The highest BCUT2D eigenvalue weighted by Crippen LogP contribution is 2.66. The van der Waals surface area contributed by atoms with E-state index in [4.69, 9.17) is 0 Å². The molecular formula is C21H32O2. The fourth-order valence-electron chi connectivity index (χ4n) is 7.35. The van der Waals surface area contributed by atoms with Crippen molar-refractivity contribution in [2.45, 2.75) is 78.2 Å². The Morgan fingerprint density at radius 2 is 1.91 bits per heavy atom. The minimum absolute atomic E-state index is 0.0593. The van der Waals surface area contributed by atoms with Crippen LogP contribution >= 0.6 is 0 Å². The fourth-order valence-corrected chi connectivity index (χ4v) is 7.35. The molecule has 0 aliphatic heterocycles. The highest BCUT2D eigenvalue weighted by molar-refractivity contribution is 5.95. The van der Waals surface area contributed by atoms with Crippen molar-refractivity contribution in [2.75, 3.05) is 0 Å². The molecule has 1 N–H and O–H groups in total. The quantitative estimate of drug-likeness (QED) is 0.772. The van der Waals surface area contributed by atoms with E-state index in [1.165, 1.54) is 32.1 Å². The molecule has 3 saturated carbocycles. The molecule has 0 aromatic carbocycles. The Labute approximate surface area is 140 Å². The number of ketones is 1. The molecule has 3 unspecified atom stereocenters. The lowest BCUT2D eigenvalue weighted by atomic mass is 9.44. The molecule has 0 amide bonds. The van der Waals surface area contributed by atoms with E-state index in [1.54, 1.807) is 6.92 Å². The molecule has 4 rings (SSSR count). The van der Waals surface area contributed by atoms with Gasteiger partial charge in [0.2, 0.25) is 0 Å². The number of aliphatic hydroxyl groups is 1. The summed E-state index contributed by atoms with van der Waals surface area (Å²) in [5.74, 6) is 3.31. The summed E-state index contributed by atoms with van der Waals surface area (Å²) >= 11 is 0. The van der Waals surface area contributed by atoms with Crippen molar-refractivity contribution in [3.8, 4) is 0 Å². The minimum atomic E-state index is -0.0593. The summed E-state index contributed by atoms with van der Waals surface area (Å²) in [7, 11) is 0. The molecule has 23 heavy (non-hydrogen) atoms. The molecule has 0 radical (unpaired) electrons. The molecule has 0 heterocycles. The molecule has 2 heteroatoms. The summed E-state index contributed by atoms with van der Waals surface area (Å²) in [6.45, 7) is 6.65. The van der Waals surface area contributed by atoms with E-state index in [2.05, 4.69) is 19.9 Å². The van der Waals surface area contributed by atoms with Gasteiger partial charge in [0, 0.05) is 0 Å². The van der Waals surface area contributed by atoms with Crippen LogP contribution in [0.2, 0.25) is 0 Å². The fraction of sp³-hybridized carbons (Fsp3) is 0.857. The van der Waals surface area contributed by atoms with Gasteiger partial charge in [-0.3, -0.25) is 4.79 Å². The number of carbonyl (C=O) groups is 1. The smallest absolute Gasteiger partial charge is 0.156 e. The van der Waals surface area contributed by atoms with Gasteiger partial charge in [0.15, 0.2) is 5.78 Å². The Hall–Kier alpha value is -0.630. The van der Waals surface area contributed by atoms with E-state index >= 15 is 0 Å². The molecule has 7 atom stereocenters. The van der Waals surface area contributed by atoms with Gasteiger partial charge in [-0.2, -0.15) is 0 Å². The van der Waals surface area contributed by atoms with Gasteiger partial charge < -0.3 is 5.11 Å². The third-order valence-electron chi connectivity index (χ3n) is 8.60. The number of fused-ring (bicyclic) bond motifs is 5. The highest BCUT2D eigenvalue weighted by Gasteiger charge is 2.58. The second kappa shape index (κ2) is 5.18. The van der Waals surface area contributed by atoms with E-state index in [0.29, 0.717) is 17.1 Å². The second-order valence-electron chi connectivity index (χ2n) is 9.45. The third kappa shape index (κ3) is 2.13. The van der Waals surface area contributed by atoms with Crippen molar-refractivity contribution in [1.82, 2.24) is 0 Å². The van der Waals surface area contributed by atoms with Gasteiger partial charge in [-0.05, 0) is 98.4 Å². The molecule has 0 aromatic rings. The Morgan fingerprint density at radius 1 is 1.13 bits per heavy atom. The average Bonchev–Trinajstić information content (AvgIpc) is 2.85. The first-order valence-corrected chi connectivity index (χ1v) is 9.76. The van der Waals surface area contributed by atoms with Crippen LogP contribution in [-0.4, -0.2) is 17.0 Å². The number of allylic oxidation sites excluding steroid dienone is 2. The summed E-state index contributed by atoms with van der Waals surface area (Å²) in [5, 5.41) is 10.1. The maximum atomic E-state index is 12.1. The normalized spacial score (nSPS) is 52.2. The Kier molecular flexibility index (Phi) is 3.58. The van der Waals surface area contributed by atoms with Gasteiger partial charge in [0.25, 0.3) is 0 Å². The Bertz CT molecular complexity index is 550. The third-order valence-corrected chi connectivity index (χ3v) is 8.60. The maximum absolute atomic E-state index is 12.1. The Morgan fingerprint density at radius 3 is 2.65 bits per heavy atom. The molecule has 128 valence electrons. The first-order valence-electron chi connectivity index (χ1n) is 9.76. The van der Waals surface area contributed by atoms with Crippen LogP contribution in [0.1, 0.15) is 72.1 Å². The first-order chi connectivity index (χ1) is 10.9. The zero-order chi connectivity index (χ0) is 16.4. The second-order valence-corrected chi connectivity index (χ2v) is 9.45. The van der Waals surface area contributed by atoms with E-state index < -0.39 is 0 Å². The van der Waals surface area contributed by atoms with E-state index in [0.717, 1.165) is 42.6 Å². The lowest BCUT2D eigenvalue weighted by molar-refractivity contribution is -0.124. The largest absolute Gasteiger partial charge is 0.393 e. The molecule has 0 bridgehead atoms. The van der Waals surface area contributed by atoms with Crippen molar-refractivity contribution >= 4 is 5.78 Å². The number of aliphatic hydroxyl groups excluding tert-OH is 1. The van der Waals surface area contributed by atoms with Gasteiger partial charge in [0.05, 0.1) is 6.10 Å². The summed E-state index contributed by atoms with van der Waals surface area (Å²) in [5.41, 5.74) is 1.71. The van der Waals surface area contributed by atoms with E-state index in [-0.39, 0.29) is 11.5 Å². The van der Waals surface area contributed by atoms with Crippen molar-refractivity contribution in [1.29, 1.82) is 0 Å². The van der Waals surface area contributed by atoms with Crippen LogP contribution in [0.4, 0.5) is 0 Å². The monoisotopic (exact) mass is 316 g/mol. The van der Waals surface area contributed by atoms with Crippen LogP contribution < -0.4 is 0 Å². The Balaban J connectivity index is 1.62. The number of hydrogen-bond donors (Lipinski definition) is 1. The molecule has 0 saturated heterocycles. The van der Waals surface area contributed by atoms with Gasteiger partial charge in [-0.1, -0.05) is 19.9 Å². The van der Waals surface area contributed by atoms with Crippen molar-refractivity contribution in [2.24, 2.45) is 34.5 Å². The molecular weight excluding hydrogens is 284 g/mol. The average molecular weight is 316 g/mol. The van der Waals surface area contributed by atoms with Crippen molar-refractivity contribution in [3.05, 3.63) is 11.6 Å². The number of Topliss-reactive ketones (excluding diaryl/α,β-unsaturated/α-hetero) is 1. The van der Waals surface area contributed by atoms with Crippen molar-refractivity contribution in [3.63, 3.8) is 0 Å². The molecule has 0 spiro atoms. The molecule has 3 fully saturated rings. The van der Waals surface area contributed by atoms with Gasteiger partial charge in [-0.25, -0.2) is 0 Å². The summed E-state index contributed by atoms with van der Waals surface area (Å²) < 4.78 is 0. The maximum Gasteiger partial charge on any atom is 0.156 e. The molecule has 4 aliphatic carbocycles. The predicted molar refractivity (Wildman–Crippen MR) is 91.9 cm³/mol. The summed E-state index contributed by atoms with van der Waals surface area (Å²) in [6, 6.07) is 0. The van der Waals surface area contributed by atoms with Crippen LogP contribution in [0.5, 0.6) is 0 Å². The van der Waals surface area contributed by atoms with Crippen LogP contribution in [0, 0.1) is 34.5 Å². The van der Waals surface area contributed by atoms with Crippen LogP contribution in [0.3, 0.4) is 0 Å². The predicted octanol–water partition coefficient (Wildman–Crippen LogP) is 4.52. The molecule has 4 aliphatic rings. The van der Waals surface area contributed by atoms with Gasteiger partial charge in [0.1, 0.15) is 0 Å². The standard InChI is InChI=1S/C21H32O2/c1-13(22)17-6-7-18-16-5-4-14-12-15(23)8-10-20(14,2)19(16)9-11-21(17,18)3/h6,14-16,18-19,23H,4-5,7-12H2,1-3H3/t14-,15+,16?,18?,19?,20-,21+/m0/s1. The topological polar surface area (TPSA) is 37.3 Å². The number of carbonyl (C=O) groups excluding carboxylic acids is 1. The van der Waals surface area contributed by atoms with Gasteiger partial charge in [-0.15, -0.1) is 0 Å².